The maximum absolute atomic E-state index is 15.6. The first kappa shape index (κ1) is 28.1. The minimum absolute atomic E-state index is 0.0917. The van der Waals surface area contributed by atoms with Crippen LogP contribution in [-0.2, 0) is 20.9 Å². The summed E-state index contributed by atoms with van der Waals surface area (Å²) in [6, 6.07) is 4.57. The lowest BCUT2D eigenvalue weighted by atomic mass is 10.1. The van der Waals surface area contributed by atoms with Gasteiger partial charge in [0.1, 0.15) is 12.4 Å². The molecular weight excluding hydrogens is 477 g/mol. The summed E-state index contributed by atoms with van der Waals surface area (Å²) in [5, 5.41) is 0. The molecule has 0 unspecified atom stereocenters. The van der Waals surface area contributed by atoms with Crippen LogP contribution in [0.25, 0.3) is 5.69 Å². The lowest BCUT2D eigenvalue weighted by Crippen LogP contribution is -2.29. The van der Waals surface area contributed by atoms with Gasteiger partial charge in [-0.2, -0.15) is 0 Å². The number of aromatic nitrogens is 2. The number of hydrogen-bond acceptors (Lipinski definition) is 7. The summed E-state index contributed by atoms with van der Waals surface area (Å²) in [7, 11) is 0. The summed E-state index contributed by atoms with van der Waals surface area (Å²) in [6.07, 6.45) is 10.5. The standard InChI is InChI=1S/C28H36FN3O5/c1-4-6-8-10-16-31(17-11-9-7-5-2)23-13-12-21(18-22(23)29)32-24-19-36-25(33)14-15-26(34)37-27(28(32)35)20(3)30-24/h12-15,18H,4-11,16-17,19H2,1-3H3/b15-14-. The Hall–Kier alpha value is -3.49. The Bertz CT molecular complexity index is 1180. The van der Waals surface area contributed by atoms with E-state index >= 15 is 4.39 Å². The Morgan fingerprint density at radius 2 is 1.59 bits per heavy atom. The van der Waals surface area contributed by atoms with Gasteiger partial charge in [-0.3, -0.25) is 9.36 Å². The molecule has 9 heteroatoms. The van der Waals surface area contributed by atoms with Crippen molar-refractivity contribution in [3.8, 4) is 11.4 Å². The first-order valence-corrected chi connectivity index (χ1v) is 13.1. The lowest BCUT2D eigenvalue weighted by Gasteiger charge is -2.26. The number of unbranched alkanes of at least 4 members (excludes halogenated alkanes) is 6. The lowest BCUT2D eigenvalue weighted by molar-refractivity contribution is -0.139. The van der Waals surface area contributed by atoms with Crippen molar-refractivity contribution in [1.29, 1.82) is 0 Å². The van der Waals surface area contributed by atoms with Crippen LogP contribution in [0.5, 0.6) is 5.75 Å². The second kappa shape index (κ2) is 13.7. The van der Waals surface area contributed by atoms with E-state index in [2.05, 4.69) is 23.7 Å². The van der Waals surface area contributed by atoms with Crippen LogP contribution in [0.15, 0.2) is 35.1 Å². The molecule has 2 aromatic rings. The van der Waals surface area contributed by atoms with Gasteiger partial charge in [0.05, 0.1) is 17.1 Å². The topological polar surface area (TPSA) is 90.7 Å². The van der Waals surface area contributed by atoms with Gasteiger partial charge in [0.25, 0.3) is 0 Å². The zero-order valence-corrected chi connectivity index (χ0v) is 21.9. The van der Waals surface area contributed by atoms with E-state index in [-0.39, 0.29) is 29.6 Å². The van der Waals surface area contributed by atoms with Crippen molar-refractivity contribution in [2.24, 2.45) is 0 Å². The number of halogens is 1. The molecule has 2 bridgehead atoms. The van der Waals surface area contributed by atoms with Crippen molar-refractivity contribution in [3.05, 3.63) is 58.0 Å². The number of carbonyl (C=O) groups excluding carboxylic acids is 2. The van der Waals surface area contributed by atoms with Gasteiger partial charge in [-0.25, -0.2) is 19.0 Å². The van der Waals surface area contributed by atoms with Crippen molar-refractivity contribution in [2.75, 3.05) is 18.0 Å². The molecule has 2 aliphatic rings. The van der Waals surface area contributed by atoms with E-state index in [0.717, 1.165) is 81.2 Å². The molecule has 3 heterocycles. The predicted molar refractivity (Wildman–Crippen MR) is 140 cm³/mol. The molecule has 0 saturated heterocycles. The van der Waals surface area contributed by atoms with Crippen molar-refractivity contribution in [3.63, 3.8) is 0 Å². The summed E-state index contributed by atoms with van der Waals surface area (Å²) in [5.41, 5.74) is 0.154. The Balaban J connectivity index is 1.97. The van der Waals surface area contributed by atoms with Crippen molar-refractivity contribution in [1.82, 2.24) is 9.55 Å². The highest BCUT2D eigenvalue weighted by Crippen LogP contribution is 2.25. The summed E-state index contributed by atoms with van der Waals surface area (Å²) < 4.78 is 27.0. The average molecular weight is 514 g/mol. The maximum Gasteiger partial charge on any atom is 0.336 e. The molecule has 2 aliphatic heterocycles. The number of aryl methyl sites for hydroxylation is 1. The predicted octanol–water partition coefficient (Wildman–Crippen LogP) is 5.17. The first-order valence-electron chi connectivity index (χ1n) is 13.1. The third-order valence-electron chi connectivity index (χ3n) is 6.28. The monoisotopic (exact) mass is 513 g/mol. The smallest absolute Gasteiger partial charge is 0.336 e. The molecule has 0 fully saturated rings. The number of esters is 2. The Kier molecular flexibility index (Phi) is 10.4. The molecule has 4 rings (SSSR count). The molecule has 0 atom stereocenters. The number of ether oxygens (including phenoxy) is 2. The molecule has 200 valence electrons. The van der Waals surface area contributed by atoms with Gasteiger partial charge in [-0.15, -0.1) is 0 Å². The highest BCUT2D eigenvalue weighted by Gasteiger charge is 2.22. The van der Waals surface area contributed by atoms with Gasteiger partial charge >= 0.3 is 17.5 Å². The average Bonchev–Trinajstić information content (AvgIpc) is 2.91. The SMILES string of the molecule is CCCCCCN(CCCCCC)c1ccc(-n2c3nc(C)c(c2=O)OC(=O)/C=C\C(=O)OC3)cc1F. The zero-order chi connectivity index (χ0) is 26.8. The molecule has 0 amide bonds. The minimum Gasteiger partial charge on any atom is -0.454 e. The highest BCUT2D eigenvalue weighted by molar-refractivity contribution is 5.92. The van der Waals surface area contributed by atoms with Gasteiger partial charge < -0.3 is 14.4 Å². The number of fused-ring (bicyclic) bond motifs is 7. The van der Waals surface area contributed by atoms with Crippen LogP contribution in [0.3, 0.4) is 0 Å². The number of hydrogen-bond donors (Lipinski definition) is 0. The third-order valence-corrected chi connectivity index (χ3v) is 6.28. The van der Waals surface area contributed by atoms with E-state index in [1.807, 2.05) is 0 Å². The molecule has 37 heavy (non-hydrogen) atoms. The van der Waals surface area contributed by atoms with Gasteiger partial charge in [-0.1, -0.05) is 52.4 Å². The first-order chi connectivity index (χ1) is 17.8. The van der Waals surface area contributed by atoms with Gasteiger partial charge in [-0.05, 0) is 31.9 Å². The second-order valence-electron chi connectivity index (χ2n) is 9.19. The normalized spacial score (nSPS) is 14.2. The van der Waals surface area contributed by atoms with Gasteiger partial charge in [0.15, 0.2) is 5.82 Å². The van der Waals surface area contributed by atoms with Crippen LogP contribution in [0.2, 0.25) is 0 Å². The fraction of sp³-hybridized carbons (Fsp3) is 0.500. The quantitative estimate of drug-likeness (QED) is 0.286. The number of nitrogens with zero attached hydrogens (tertiary/aromatic N) is 3. The van der Waals surface area contributed by atoms with Crippen molar-refractivity contribution < 1.29 is 23.5 Å². The minimum atomic E-state index is -0.913. The number of benzene rings is 1. The summed E-state index contributed by atoms with van der Waals surface area (Å²) in [4.78, 5) is 43.7. The zero-order valence-electron chi connectivity index (χ0n) is 21.9. The number of anilines is 1. The van der Waals surface area contributed by atoms with Crippen LogP contribution in [0.4, 0.5) is 10.1 Å². The van der Waals surface area contributed by atoms with Crippen LogP contribution >= 0.6 is 0 Å². The maximum atomic E-state index is 15.6. The molecule has 0 saturated carbocycles. The summed E-state index contributed by atoms with van der Waals surface area (Å²) >= 11 is 0. The third kappa shape index (κ3) is 7.50. The number of rotatable bonds is 12. The van der Waals surface area contributed by atoms with E-state index in [4.69, 9.17) is 9.47 Å². The van der Waals surface area contributed by atoms with Gasteiger partial charge in [0, 0.05) is 31.3 Å². The molecule has 0 spiro atoms. The van der Waals surface area contributed by atoms with Crippen molar-refractivity contribution in [2.45, 2.75) is 78.7 Å². The molecular formula is C28H36FN3O5. The number of carbonyl (C=O) groups is 2. The Labute approximate surface area is 217 Å². The fourth-order valence-corrected chi connectivity index (χ4v) is 4.31. The Morgan fingerprint density at radius 1 is 0.946 bits per heavy atom. The largest absolute Gasteiger partial charge is 0.454 e. The van der Waals surface area contributed by atoms with E-state index in [1.165, 1.54) is 13.0 Å². The molecule has 0 N–H and O–H groups in total. The highest BCUT2D eigenvalue weighted by atomic mass is 19.1. The summed E-state index contributed by atoms with van der Waals surface area (Å²) in [6.45, 7) is 7.00. The second-order valence-corrected chi connectivity index (χ2v) is 9.19. The molecule has 8 nitrogen and oxygen atoms in total. The molecule has 1 aromatic carbocycles. The Morgan fingerprint density at radius 3 is 2.22 bits per heavy atom. The van der Waals surface area contributed by atoms with Gasteiger partial charge in [0.2, 0.25) is 5.75 Å². The van der Waals surface area contributed by atoms with Crippen molar-refractivity contribution >= 4 is 17.6 Å². The van der Waals surface area contributed by atoms with E-state index < -0.39 is 23.3 Å². The van der Waals surface area contributed by atoms with Crippen LogP contribution in [0, 0.1) is 12.7 Å². The van der Waals surface area contributed by atoms with Crippen LogP contribution in [0.1, 0.15) is 76.7 Å². The van der Waals surface area contributed by atoms with E-state index in [9.17, 15) is 14.4 Å². The van der Waals surface area contributed by atoms with Crippen LogP contribution < -0.4 is 15.2 Å². The summed E-state index contributed by atoms with van der Waals surface area (Å²) in [5.74, 6) is -2.37. The van der Waals surface area contributed by atoms with Crippen LogP contribution in [-0.4, -0.2) is 34.6 Å². The fourth-order valence-electron chi connectivity index (χ4n) is 4.31. The molecule has 1 aromatic heterocycles. The molecule has 0 aliphatic carbocycles. The van der Waals surface area contributed by atoms with E-state index in [1.54, 1.807) is 12.1 Å². The molecule has 0 radical (unpaired) electrons. The van der Waals surface area contributed by atoms with E-state index in [0.29, 0.717) is 5.69 Å².